The quantitative estimate of drug-likeness (QED) is 0.762. The van der Waals surface area contributed by atoms with Crippen LogP contribution in [0, 0.1) is 0 Å². The molecular formula is C9H10N4O. The maximum atomic E-state index is 5.55. The third kappa shape index (κ3) is 1.72. The molecule has 0 spiro atoms. The monoisotopic (exact) mass is 190 g/mol. The number of aromatic nitrogens is 2. The second-order valence-corrected chi connectivity index (χ2v) is 2.71. The van der Waals surface area contributed by atoms with Gasteiger partial charge in [-0.1, -0.05) is 6.07 Å². The summed E-state index contributed by atoms with van der Waals surface area (Å²) in [5.41, 5.74) is 6.49. The lowest BCUT2D eigenvalue weighted by Crippen LogP contribution is -2.02. The number of hydrogen-bond donors (Lipinski definition) is 2. The largest absolute Gasteiger partial charge is 0.428 e. The SMILES string of the molecule is NCc1cccnc1Nc1cnco1. The molecule has 0 atom stereocenters. The van der Waals surface area contributed by atoms with E-state index in [2.05, 4.69) is 15.3 Å². The summed E-state index contributed by atoms with van der Waals surface area (Å²) in [5.74, 6) is 1.25. The summed E-state index contributed by atoms with van der Waals surface area (Å²) in [6.45, 7) is 0.435. The molecule has 0 radical (unpaired) electrons. The van der Waals surface area contributed by atoms with E-state index in [-0.39, 0.29) is 0 Å². The van der Waals surface area contributed by atoms with Crippen molar-refractivity contribution in [3.63, 3.8) is 0 Å². The molecule has 0 fully saturated rings. The van der Waals surface area contributed by atoms with Gasteiger partial charge in [0, 0.05) is 18.3 Å². The fraction of sp³-hybridized carbons (Fsp3) is 0.111. The Bertz CT molecular complexity index is 399. The second kappa shape index (κ2) is 3.89. The summed E-state index contributed by atoms with van der Waals surface area (Å²) >= 11 is 0. The minimum absolute atomic E-state index is 0.435. The number of nitrogens with zero attached hydrogens (tertiary/aromatic N) is 2. The van der Waals surface area contributed by atoms with Crippen LogP contribution in [-0.2, 0) is 6.54 Å². The van der Waals surface area contributed by atoms with Crippen molar-refractivity contribution in [3.8, 4) is 0 Å². The molecule has 2 heterocycles. The van der Waals surface area contributed by atoms with Gasteiger partial charge in [0.2, 0.25) is 5.88 Å². The average molecular weight is 190 g/mol. The number of oxazole rings is 1. The predicted molar refractivity (Wildman–Crippen MR) is 51.9 cm³/mol. The predicted octanol–water partition coefficient (Wildman–Crippen LogP) is 1.27. The molecule has 0 aliphatic carbocycles. The lowest BCUT2D eigenvalue weighted by Gasteiger charge is -2.05. The molecule has 0 bridgehead atoms. The molecule has 5 nitrogen and oxygen atoms in total. The van der Waals surface area contributed by atoms with Crippen LogP contribution in [0.2, 0.25) is 0 Å². The van der Waals surface area contributed by atoms with Crippen molar-refractivity contribution < 1.29 is 4.42 Å². The van der Waals surface area contributed by atoms with Crippen molar-refractivity contribution >= 4 is 11.7 Å². The van der Waals surface area contributed by atoms with Gasteiger partial charge >= 0.3 is 0 Å². The maximum Gasteiger partial charge on any atom is 0.218 e. The van der Waals surface area contributed by atoms with E-state index in [0.29, 0.717) is 18.2 Å². The normalized spacial score (nSPS) is 10.1. The van der Waals surface area contributed by atoms with Gasteiger partial charge < -0.3 is 15.5 Å². The highest BCUT2D eigenvalue weighted by Crippen LogP contribution is 2.16. The van der Waals surface area contributed by atoms with E-state index in [1.807, 2.05) is 12.1 Å². The molecule has 0 saturated heterocycles. The Kier molecular flexibility index (Phi) is 2.42. The van der Waals surface area contributed by atoms with Gasteiger partial charge in [-0.15, -0.1) is 0 Å². The van der Waals surface area contributed by atoms with Crippen molar-refractivity contribution in [1.82, 2.24) is 9.97 Å². The van der Waals surface area contributed by atoms with Crippen LogP contribution >= 0.6 is 0 Å². The first kappa shape index (κ1) is 8.71. The smallest absolute Gasteiger partial charge is 0.218 e. The number of nitrogens with two attached hydrogens (primary N) is 1. The number of anilines is 2. The van der Waals surface area contributed by atoms with Crippen LogP contribution in [0.1, 0.15) is 5.56 Å². The number of nitrogens with one attached hydrogen (secondary N) is 1. The Morgan fingerprint density at radius 3 is 3.14 bits per heavy atom. The lowest BCUT2D eigenvalue weighted by atomic mass is 10.2. The molecule has 0 aliphatic heterocycles. The summed E-state index contributed by atoms with van der Waals surface area (Å²) in [6, 6.07) is 3.75. The Morgan fingerprint density at radius 1 is 1.50 bits per heavy atom. The average Bonchev–Trinajstić information content (AvgIpc) is 2.71. The molecule has 5 heteroatoms. The number of rotatable bonds is 3. The van der Waals surface area contributed by atoms with Crippen molar-refractivity contribution in [2.45, 2.75) is 6.54 Å². The lowest BCUT2D eigenvalue weighted by molar-refractivity contribution is 0.574. The summed E-state index contributed by atoms with van der Waals surface area (Å²) in [5, 5.41) is 2.98. The Hall–Kier alpha value is -1.88. The summed E-state index contributed by atoms with van der Waals surface area (Å²) in [7, 11) is 0. The van der Waals surface area contributed by atoms with Crippen LogP contribution in [0.4, 0.5) is 11.7 Å². The zero-order chi connectivity index (χ0) is 9.80. The zero-order valence-corrected chi connectivity index (χ0v) is 7.47. The molecule has 14 heavy (non-hydrogen) atoms. The van der Waals surface area contributed by atoms with Gasteiger partial charge in [0.15, 0.2) is 6.39 Å². The van der Waals surface area contributed by atoms with Gasteiger partial charge in [-0.3, -0.25) is 0 Å². The molecule has 2 aromatic rings. The highest BCUT2D eigenvalue weighted by Gasteiger charge is 2.03. The standard InChI is InChI=1S/C9H10N4O/c10-4-7-2-1-3-12-9(7)13-8-5-11-6-14-8/h1-3,5-6H,4,10H2,(H,12,13). The van der Waals surface area contributed by atoms with Crippen molar-refractivity contribution in [3.05, 3.63) is 36.5 Å². The first-order valence-corrected chi connectivity index (χ1v) is 4.19. The van der Waals surface area contributed by atoms with Crippen LogP contribution in [0.25, 0.3) is 0 Å². The van der Waals surface area contributed by atoms with Crippen LogP contribution < -0.4 is 11.1 Å². The first-order valence-electron chi connectivity index (χ1n) is 4.19. The van der Waals surface area contributed by atoms with E-state index in [4.69, 9.17) is 10.2 Å². The maximum absolute atomic E-state index is 5.55. The zero-order valence-electron chi connectivity index (χ0n) is 7.47. The topological polar surface area (TPSA) is 77.0 Å². The third-order valence-electron chi connectivity index (χ3n) is 1.79. The summed E-state index contributed by atoms with van der Waals surface area (Å²) < 4.78 is 5.03. The highest BCUT2D eigenvalue weighted by molar-refractivity contribution is 5.53. The molecule has 2 aromatic heterocycles. The van der Waals surface area contributed by atoms with Gasteiger partial charge in [0.05, 0.1) is 6.20 Å². The van der Waals surface area contributed by atoms with E-state index in [1.54, 1.807) is 12.4 Å². The minimum Gasteiger partial charge on any atom is -0.428 e. The molecule has 72 valence electrons. The molecule has 0 unspecified atom stereocenters. The molecular weight excluding hydrogens is 180 g/mol. The number of hydrogen-bond acceptors (Lipinski definition) is 5. The molecule has 0 aromatic carbocycles. The van der Waals surface area contributed by atoms with Crippen LogP contribution in [0.15, 0.2) is 35.3 Å². The number of pyridine rings is 1. The fourth-order valence-electron chi connectivity index (χ4n) is 1.11. The molecule has 0 aliphatic rings. The van der Waals surface area contributed by atoms with Crippen LogP contribution in [0.3, 0.4) is 0 Å². The molecule has 0 saturated carbocycles. The third-order valence-corrected chi connectivity index (χ3v) is 1.79. The van der Waals surface area contributed by atoms with Crippen molar-refractivity contribution in [1.29, 1.82) is 0 Å². The van der Waals surface area contributed by atoms with E-state index < -0.39 is 0 Å². The summed E-state index contributed by atoms with van der Waals surface area (Å²) in [4.78, 5) is 7.93. The van der Waals surface area contributed by atoms with E-state index >= 15 is 0 Å². The van der Waals surface area contributed by atoms with Crippen molar-refractivity contribution in [2.24, 2.45) is 5.73 Å². The van der Waals surface area contributed by atoms with E-state index in [9.17, 15) is 0 Å². The Balaban J connectivity index is 2.24. The molecule has 2 rings (SSSR count). The first-order chi connectivity index (χ1) is 6.90. The molecule has 0 amide bonds. The Morgan fingerprint density at radius 2 is 2.43 bits per heavy atom. The second-order valence-electron chi connectivity index (χ2n) is 2.71. The van der Waals surface area contributed by atoms with Gasteiger partial charge in [-0.05, 0) is 6.07 Å². The molecule has 3 N–H and O–H groups in total. The van der Waals surface area contributed by atoms with E-state index in [1.165, 1.54) is 6.39 Å². The van der Waals surface area contributed by atoms with Gasteiger partial charge in [0.25, 0.3) is 0 Å². The van der Waals surface area contributed by atoms with Crippen LogP contribution in [-0.4, -0.2) is 9.97 Å². The summed E-state index contributed by atoms with van der Waals surface area (Å²) in [6.07, 6.45) is 4.63. The van der Waals surface area contributed by atoms with Crippen LogP contribution in [0.5, 0.6) is 0 Å². The van der Waals surface area contributed by atoms with E-state index in [0.717, 1.165) is 5.56 Å². The highest BCUT2D eigenvalue weighted by atomic mass is 16.4. The van der Waals surface area contributed by atoms with Gasteiger partial charge in [-0.2, -0.15) is 0 Å². The van der Waals surface area contributed by atoms with Gasteiger partial charge in [-0.25, -0.2) is 9.97 Å². The minimum atomic E-state index is 0.435. The fourth-order valence-corrected chi connectivity index (χ4v) is 1.11. The van der Waals surface area contributed by atoms with Crippen molar-refractivity contribution in [2.75, 3.05) is 5.32 Å². The van der Waals surface area contributed by atoms with Gasteiger partial charge in [0.1, 0.15) is 5.82 Å². The Labute approximate surface area is 81.0 Å².